The van der Waals surface area contributed by atoms with Crippen molar-refractivity contribution >= 4 is 34.9 Å². The molecule has 1 heterocycles. The standard InChI is InChI=1S/C26H17ClF6N4O2/c27-18-10-8-16(9-11-18)21(22-23(26(31,32)33)37-20-7-2-1-6-19(20)36-22)24(38)34-14-35-39-13-15-4-3-5-17(12-15)25(28,29)30/h1-12,14,21H,13H2,(H,34,35,38)/t21-/m1/s1. The maximum absolute atomic E-state index is 14.0. The zero-order valence-corrected chi connectivity index (χ0v) is 20.3. The highest BCUT2D eigenvalue weighted by molar-refractivity contribution is 6.30. The van der Waals surface area contributed by atoms with Gasteiger partial charge in [-0.1, -0.05) is 53.2 Å². The van der Waals surface area contributed by atoms with E-state index in [0.29, 0.717) is 5.02 Å². The van der Waals surface area contributed by atoms with E-state index < -0.39 is 41.1 Å². The largest absolute Gasteiger partial charge is 0.435 e. The molecule has 0 aliphatic heterocycles. The van der Waals surface area contributed by atoms with Crippen molar-refractivity contribution in [2.45, 2.75) is 24.9 Å². The van der Waals surface area contributed by atoms with Crippen LogP contribution in [0.25, 0.3) is 11.0 Å². The second-order valence-corrected chi connectivity index (χ2v) is 8.58. The van der Waals surface area contributed by atoms with E-state index in [1.54, 1.807) is 6.07 Å². The van der Waals surface area contributed by atoms with Crippen LogP contribution in [0.5, 0.6) is 0 Å². The molecule has 4 rings (SSSR count). The Bertz CT molecular complexity index is 1510. The quantitative estimate of drug-likeness (QED) is 0.116. The number of rotatable bonds is 7. The summed E-state index contributed by atoms with van der Waals surface area (Å²) in [6.07, 6.45) is -8.69. The maximum atomic E-state index is 14.0. The molecule has 0 saturated carbocycles. The number of alkyl halides is 6. The van der Waals surface area contributed by atoms with Gasteiger partial charge in [0, 0.05) is 5.02 Å². The second-order valence-electron chi connectivity index (χ2n) is 8.14. The number of benzene rings is 3. The first kappa shape index (κ1) is 27.8. The van der Waals surface area contributed by atoms with Gasteiger partial charge >= 0.3 is 12.4 Å². The lowest BCUT2D eigenvalue weighted by Gasteiger charge is -2.20. The van der Waals surface area contributed by atoms with Crippen LogP contribution in [0.15, 0.2) is 78.0 Å². The molecule has 0 radical (unpaired) electrons. The van der Waals surface area contributed by atoms with Crippen molar-refractivity contribution < 1.29 is 36.0 Å². The Kier molecular flexibility index (Phi) is 8.05. The van der Waals surface area contributed by atoms with Crippen molar-refractivity contribution in [2.24, 2.45) is 5.16 Å². The first-order valence-corrected chi connectivity index (χ1v) is 11.5. The van der Waals surface area contributed by atoms with E-state index in [2.05, 4.69) is 20.4 Å². The summed E-state index contributed by atoms with van der Waals surface area (Å²) in [6.45, 7) is -0.356. The fourth-order valence-electron chi connectivity index (χ4n) is 3.67. The van der Waals surface area contributed by atoms with Gasteiger partial charge in [0.05, 0.1) is 22.3 Å². The summed E-state index contributed by atoms with van der Waals surface area (Å²) in [4.78, 5) is 26.0. The van der Waals surface area contributed by atoms with Crippen LogP contribution < -0.4 is 5.32 Å². The van der Waals surface area contributed by atoms with Gasteiger partial charge in [0.15, 0.2) is 5.69 Å². The van der Waals surface area contributed by atoms with E-state index in [-0.39, 0.29) is 28.8 Å². The van der Waals surface area contributed by atoms with Crippen molar-refractivity contribution in [1.29, 1.82) is 0 Å². The molecule has 3 aromatic carbocycles. The molecule has 13 heteroatoms. The lowest BCUT2D eigenvalue weighted by atomic mass is 9.92. The number of amides is 1. The van der Waals surface area contributed by atoms with Gasteiger partial charge in [-0.05, 0) is 47.5 Å². The SMILES string of the molecule is O=C(NC=NOCc1cccc(C(F)(F)F)c1)[C@H](c1ccc(Cl)cc1)c1nc2ccccc2nc1C(F)(F)F. The van der Waals surface area contributed by atoms with E-state index in [1.165, 1.54) is 54.6 Å². The molecule has 6 nitrogen and oxygen atoms in total. The number of carbonyl (C=O) groups excluding carboxylic acids is 1. The van der Waals surface area contributed by atoms with Crippen LogP contribution in [0.1, 0.15) is 34.0 Å². The summed E-state index contributed by atoms with van der Waals surface area (Å²) in [7, 11) is 0. The predicted molar refractivity (Wildman–Crippen MR) is 131 cm³/mol. The molecular weight excluding hydrogens is 550 g/mol. The Labute approximate surface area is 222 Å². The van der Waals surface area contributed by atoms with Crippen molar-refractivity contribution in [3.63, 3.8) is 0 Å². The Morgan fingerprint density at radius 1 is 0.923 bits per heavy atom. The third-order valence-corrected chi connectivity index (χ3v) is 5.68. The van der Waals surface area contributed by atoms with Crippen molar-refractivity contribution in [3.05, 3.63) is 106 Å². The third kappa shape index (κ3) is 6.82. The van der Waals surface area contributed by atoms with Gasteiger partial charge in [-0.2, -0.15) is 26.3 Å². The predicted octanol–water partition coefficient (Wildman–Crippen LogP) is 6.73. The van der Waals surface area contributed by atoms with Crippen LogP contribution >= 0.6 is 11.6 Å². The molecule has 1 aromatic heterocycles. The lowest BCUT2D eigenvalue weighted by molar-refractivity contribution is -0.142. The first-order valence-electron chi connectivity index (χ1n) is 11.1. The normalized spacial score (nSPS) is 13.0. The topological polar surface area (TPSA) is 76.5 Å². The van der Waals surface area contributed by atoms with Crippen LogP contribution in [-0.2, 0) is 28.6 Å². The molecule has 1 atom stereocenters. The van der Waals surface area contributed by atoms with E-state index in [9.17, 15) is 31.1 Å². The smallest absolute Gasteiger partial charge is 0.390 e. The Morgan fingerprint density at radius 2 is 1.59 bits per heavy atom. The zero-order chi connectivity index (χ0) is 28.2. The highest BCUT2D eigenvalue weighted by Crippen LogP contribution is 2.37. The van der Waals surface area contributed by atoms with Crippen LogP contribution in [-0.4, -0.2) is 22.2 Å². The highest BCUT2D eigenvalue weighted by Gasteiger charge is 2.41. The number of para-hydroxylation sites is 2. The van der Waals surface area contributed by atoms with Crippen LogP contribution in [0.2, 0.25) is 5.02 Å². The number of oxime groups is 1. The first-order chi connectivity index (χ1) is 18.4. The van der Waals surface area contributed by atoms with E-state index in [0.717, 1.165) is 18.5 Å². The summed E-state index contributed by atoms with van der Waals surface area (Å²) in [5.74, 6) is -2.52. The molecule has 39 heavy (non-hydrogen) atoms. The molecule has 202 valence electrons. The number of nitrogens with one attached hydrogen (secondary N) is 1. The number of aromatic nitrogens is 2. The Balaban J connectivity index is 1.60. The summed E-state index contributed by atoms with van der Waals surface area (Å²) in [5.41, 5.74) is -2.41. The summed E-state index contributed by atoms with van der Waals surface area (Å²) in [5, 5.41) is 6.02. The molecule has 0 spiro atoms. The number of halogens is 7. The minimum atomic E-state index is -4.93. The van der Waals surface area contributed by atoms with E-state index in [4.69, 9.17) is 16.4 Å². The maximum Gasteiger partial charge on any atom is 0.435 e. The van der Waals surface area contributed by atoms with Gasteiger partial charge in [-0.25, -0.2) is 9.97 Å². The molecule has 0 bridgehead atoms. The zero-order valence-electron chi connectivity index (χ0n) is 19.6. The number of nitrogens with zero attached hydrogens (tertiary/aromatic N) is 3. The van der Waals surface area contributed by atoms with E-state index in [1.807, 2.05) is 0 Å². The lowest BCUT2D eigenvalue weighted by Crippen LogP contribution is -2.31. The molecule has 0 unspecified atom stereocenters. The minimum Gasteiger partial charge on any atom is -0.390 e. The monoisotopic (exact) mass is 566 g/mol. The van der Waals surface area contributed by atoms with Gasteiger partial charge < -0.3 is 10.2 Å². The van der Waals surface area contributed by atoms with Crippen molar-refractivity contribution in [2.75, 3.05) is 0 Å². The third-order valence-electron chi connectivity index (χ3n) is 5.42. The summed E-state index contributed by atoms with van der Waals surface area (Å²) in [6, 6.07) is 15.8. The van der Waals surface area contributed by atoms with Gasteiger partial charge in [0.1, 0.15) is 18.9 Å². The van der Waals surface area contributed by atoms with Gasteiger partial charge in [0.25, 0.3) is 0 Å². The molecule has 1 amide bonds. The molecule has 0 aliphatic carbocycles. The molecule has 0 saturated heterocycles. The highest BCUT2D eigenvalue weighted by atomic mass is 35.5. The average molecular weight is 567 g/mol. The molecule has 4 aromatic rings. The fraction of sp³-hybridized carbons (Fsp3) is 0.154. The number of hydrogen-bond acceptors (Lipinski definition) is 5. The Hall–Kier alpha value is -4.19. The van der Waals surface area contributed by atoms with Crippen LogP contribution in [0, 0.1) is 0 Å². The van der Waals surface area contributed by atoms with Crippen LogP contribution in [0.3, 0.4) is 0 Å². The number of fused-ring (bicyclic) bond motifs is 1. The van der Waals surface area contributed by atoms with Crippen LogP contribution in [0.4, 0.5) is 26.3 Å². The summed E-state index contributed by atoms with van der Waals surface area (Å²) < 4.78 is 80.7. The van der Waals surface area contributed by atoms with Gasteiger partial charge in [-0.3, -0.25) is 4.79 Å². The molecule has 0 aliphatic rings. The average Bonchev–Trinajstić information content (AvgIpc) is 2.88. The molecular formula is C26H17ClF6N4O2. The Morgan fingerprint density at radius 3 is 2.23 bits per heavy atom. The molecule has 1 N–H and O–H groups in total. The summed E-state index contributed by atoms with van der Waals surface area (Å²) >= 11 is 5.92. The van der Waals surface area contributed by atoms with E-state index >= 15 is 0 Å². The van der Waals surface area contributed by atoms with Gasteiger partial charge in [-0.15, -0.1) is 0 Å². The van der Waals surface area contributed by atoms with Gasteiger partial charge in [0.2, 0.25) is 5.91 Å². The van der Waals surface area contributed by atoms with Crippen molar-refractivity contribution in [3.8, 4) is 0 Å². The number of carbonyl (C=O) groups is 1. The molecule has 0 fully saturated rings. The minimum absolute atomic E-state index is 0.00612. The number of hydrogen-bond donors (Lipinski definition) is 1. The second kappa shape index (κ2) is 11.3. The van der Waals surface area contributed by atoms with Crippen molar-refractivity contribution in [1.82, 2.24) is 15.3 Å². The fourth-order valence-corrected chi connectivity index (χ4v) is 3.80.